The van der Waals surface area contributed by atoms with E-state index in [1.165, 1.54) is 6.07 Å². The minimum Gasteiger partial charge on any atom is -0.408 e. The maximum absolute atomic E-state index is 14.7. The van der Waals surface area contributed by atoms with Crippen LogP contribution in [0.3, 0.4) is 0 Å². The van der Waals surface area contributed by atoms with Crippen molar-refractivity contribution in [3.8, 4) is 0 Å². The molecule has 0 radical (unpaired) electrons. The van der Waals surface area contributed by atoms with E-state index in [0.29, 0.717) is 0 Å². The zero-order chi connectivity index (χ0) is 19.4. The van der Waals surface area contributed by atoms with E-state index < -0.39 is 36.3 Å². The van der Waals surface area contributed by atoms with Crippen LogP contribution in [0.25, 0.3) is 0 Å². The third-order valence-electron chi connectivity index (χ3n) is 5.21. The maximum atomic E-state index is 14.7. The summed E-state index contributed by atoms with van der Waals surface area (Å²) in [7, 11) is -2.22. The molecular formula is C18H26ClF2NO2Si. The molecule has 0 spiro atoms. The zero-order valence-electron chi connectivity index (χ0n) is 15.9. The topological polar surface area (TPSA) is 39.2 Å². The Bertz CT molecular complexity index is 710. The van der Waals surface area contributed by atoms with E-state index in [2.05, 4.69) is 38.8 Å². The predicted molar refractivity (Wildman–Crippen MR) is 97.9 cm³/mol. The summed E-state index contributed by atoms with van der Waals surface area (Å²) in [6, 6.07) is 1.29. The molecule has 140 valence electrons. The molecule has 25 heavy (non-hydrogen) atoms. The number of rotatable bonds is 5. The lowest BCUT2D eigenvalue weighted by Crippen LogP contribution is -2.46. The molecular weight excluding hydrogens is 364 g/mol. The molecule has 0 amide bonds. The van der Waals surface area contributed by atoms with Crippen molar-refractivity contribution < 1.29 is 18.0 Å². The Hall–Kier alpha value is -0.853. The van der Waals surface area contributed by atoms with Crippen molar-refractivity contribution in [2.45, 2.75) is 76.9 Å². The van der Waals surface area contributed by atoms with Gasteiger partial charge in [-0.05, 0) is 50.9 Å². The summed E-state index contributed by atoms with van der Waals surface area (Å²) in [5.74, 6) is -1.47. The quantitative estimate of drug-likeness (QED) is 0.362. The fraction of sp³-hybridized carbons (Fsp3) is 0.667. The average Bonchev–Trinajstić information content (AvgIpc) is 3.17. The summed E-state index contributed by atoms with van der Waals surface area (Å²) < 4.78 is 35.1. The number of halogens is 3. The Morgan fingerprint density at radius 1 is 1.28 bits per heavy atom. The number of pyridine rings is 1. The van der Waals surface area contributed by atoms with Gasteiger partial charge in [-0.15, -0.1) is 0 Å². The Morgan fingerprint density at radius 2 is 1.80 bits per heavy atom. The van der Waals surface area contributed by atoms with Gasteiger partial charge in [-0.1, -0.05) is 32.4 Å². The molecule has 1 aliphatic carbocycles. The first kappa shape index (κ1) is 20.5. The standard InChI is InChI=1S/C18H26ClF2NO2Si/c1-16(2,3)25(6,7)24-17(4,5)11-10-12(22-15(19)13(11)20)14(23)18(21)8-9-18/h10H,8-9H2,1-7H3. The molecule has 0 N–H and O–H groups in total. The second kappa shape index (κ2) is 6.10. The lowest BCUT2D eigenvalue weighted by atomic mass is 9.97. The number of carbonyl (C=O) groups excluding carboxylic acids is 1. The monoisotopic (exact) mass is 389 g/mol. The van der Waals surface area contributed by atoms with Gasteiger partial charge in [0.2, 0.25) is 5.78 Å². The van der Waals surface area contributed by atoms with Crippen molar-refractivity contribution in [2.75, 3.05) is 0 Å². The van der Waals surface area contributed by atoms with E-state index in [1.807, 2.05) is 0 Å². The number of nitrogens with zero attached hydrogens (tertiary/aromatic N) is 1. The smallest absolute Gasteiger partial charge is 0.218 e. The van der Waals surface area contributed by atoms with E-state index in [-0.39, 0.29) is 29.1 Å². The number of aromatic nitrogens is 1. The van der Waals surface area contributed by atoms with Crippen LogP contribution in [0.5, 0.6) is 0 Å². The molecule has 3 nitrogen and oxygen atoms in total. The summed E-state index contributed by atoms with van der Waals surface area (Å²) in [6.07, 6.45) is 0.337. The van der Waals surface area contributed by atoms with Crippen LogP contribution >= 0.6 is 11.6 Å². The first-order valence-electron chi connectivity index (χ1n) is 8.41. The fourth-order valence-corrected chi connectivity index (χ4v) is 4.35. The Balaban J connectivity index is 2.46. The summed E-state index contributed by atoms with van der Waals surface area (Å²) >= 11 is 5.90. The molecule has 0 unspecified atom stereocenters. The zero-order valence-corrected chi connectivity index (χ0v) is 17.6. The summed E-state index contributed by atoms with van der Waals surface area (Å²) in [5.41, 5.74) is -2.92. The predicted octanol–water partition coefficient (Wildman–Crippen LogP) is 5.82. The molecule has 0 atom stereocenters. The molecule has 1 fully saturated rings. The highest BCUT2D eigenvalue weighted by atomic mass is 35.5. The van der Waals surface area contributed by atoms with Crippen LogP contribution in [0.4, 0.5) is 8.78 Å². The van der Waals surface area contributed by atoms with Gasteiger partial charge in [-0.25, -0.2) is 13.8 Å². The second-order valence-corrected chi connectivity index (χ2v) is 13.9. The molecule has 7 heteroatoms. The highest BCUT2D eigenvalue weighted by molar-refractivity contribution is 6.74. The molecule has 1 aromatic heterocycles. The molecule has 1 aromatic rings. The van der Waals surface area contributed by atoms with Gasteiger partial charge in [0.15, 0.2) is 25.0 Å². The van der Waals surface area contributed by atoms with Crippen LogP contribution in [0.15, 0.2) is 6.07 Å². The van der Waals surface area contributed by atoms with Crippen molar-refractivity contribution in [2.24, 2.45) is 0 Å². The highest BCUT2D eigenvalue weighted by Crippen LogP contribution is 2.45. The lowest BCUT2D eigenvalue weighted by molar-refractivity contribution is 0.0828. The van der Waals surface area contributed by atoms with Gasteiger partial charge in [0, 0.05) is 5.56 Å². The molecule has 1 saturated carbocycles. The Morgan fingerprint density at radius 3 is 2.24 bits per heavy atom. The highest BCUT2D eigenvalue weighted by Gasteiger charge is 2.52. The van der Waals surface area contributed by atoms with E-state index in [0.717, 1.165) is 0 Å². The van der Waals surface area contributed by atoms with Crippen molar-refractivity contribution in [1.82, 2.24) is 4.98 Å². The molecule has 0 aliphatic heterocycles. The van der Waals surface area contributed by atoms with Crippen molar-refractivity contribution >= 4 is 25.7 Å². The SMILES string of the molecule is CC(C)(O[Si](C)(C)C(C)(C)C)c1cc(C(=O)C2(F)CC2)nc(Cl)c1F. The number of carbonyl (C=O) groups is 1. The maximum Gasteiger partial charge on any atom is 0.218 e. The van der Waals surface area contributed by atoms with Crippen LogP contribution < -0.4 is 0 Å². The van der Waals surface area contributed by atoms with Gasteiger partial charge in [-0.3, -0.25) is 4.79 Å². The number of ketones is 1. The number of hydrogen-bond acceptors (Lipinski definition) is 3. The van der Waals surface area contributed by atoms with Crippen LogP contribution in [-0.4, -0.2) is 24.8 Å². The van der Waals surface area contributed by atoms with Gasteiger partial charge in [0.25, 0.3) is 0 Å². The largest absolute Gasteiger partial charge is 0.408 e. The van der Waals surface area contributed by atoms with Gasteiger partial charge in [0.05, 0.1) is 5.60 Å². The summed E-state index contributed by atoms with van der Waals surface area (Å²) in [5, 5.41) is -0.509. The van der Waals surface area contributed by atoms with Gasteiger partial charge in [-0.2, -0.15) is 0 Å². The van der Waals surface area contributed by atoms with Crippen LogP contribution in [0, 0.1) is 5.82 Å². The van der Waals surface area contributed by atoms with Crippen LogP contribution in [0.1, 0.15) is 63.5 Å². The first-order chi connectivity index (χ1) is 11.1. The molecule has 1 aliphatic rings. The van der Waals surface area contributed by atoms with Crippen LogP contribution in [-0.2, 0) is 10.0 Å². The Kier molecular flexibility index (Phi) is 4.99. The molecule has 1 heterocycles. The number of Topliss-reactive ketones (excluding diaryl/α,β-unsaturated/α-hetero) is 1. The Labute approximate surface area is 154 Å². The number of hydrogen-bond donors (Lipinski definition) is 0. The van der Waals surface area contributed by atoms with Crippen LogP contribution in [0.2, 0.25) is 23.3 Å². The number of alkyl halides is 1. The fourth-order valence-electron chi connectivity index (χ4n) is 2.47. The van der Waals surface area contributed by atoms with Gasteiger partial charge < -0.3 is 4.43 Å². The first-order valence-corrected chi connectivity index (χ1v) is 11.7. The van der Waals surface area contributed by atoms with Crippen molar-refractivity contribution in [3.63, 3.8) is 0 Å². The summed E-state index contributed by atoms with van der Waals surface area (Å²) in [6.45, 7) is 13.8. The minimum atomic E-state index is -2.22. The van der Waals surface area contributed by atoms with Gasteiger partial charge in [0.1, 0.15) is 5.69 Å². The summed E-state index contributed by atoms with van der Waals surface area (Å²) in [4.78, 5) is 16.0. The lowest BCUT2D eigenvalue weighted by Gasteiger charge is -2.43. The van der Waals surface area contributed by atoms with Crippen molar-refractivity contribution in [1.29, 1.82) is 0 Å². The van der Waals surface area contributed by atoms with E-state index in [1.54, 1.807) is 13.8 Å². The van der Waals surface area contributed by atoms with Crippen molar-refractivity contribution in [3.05, 3.63) is 28.3 Å². The second-order valence-electron chi connectivity index (χ2n) is 8.83. The van der Waals surface area contributed by atoms with E-state index >= 15 is 0 Å². The third kappa shape index (κ3) is 3.96. The molecule has 0 aromatic carbocycles. The minimum absolute atomic E-state index is 0.0762. The molecule has 2 rings (SSSR count). The van der Waals surface area contributed by atoms with E-state index in [4.69, 9.17) is 16.0 Å². The third-order valence-corrected chi connectivity index (χ3v) is 10.1. The average molecular weight is 390 g/mol. The van der Waals surface area contributed by atoms with Gasteiger partial charge >= 0.3 is 0 Å². The molecule has 0 bridgehead atoms. The normalized spacial score (nSPS) is 17.5. The van der Waals surface area contributed by atoms with E-state index in [9.17, 15) is 13.6 Å². The molecule has 0 saturated heterocycles.